The number of nitrogens with one attached hydrogen (secondary N) is 3. The van der Waals surface area contributed by atoms with Crippen LogP contribution in [0.2, 0.25) is 0 Å². The molecule has 5 nitrogen and oxygen atoms in total. The second-order valence-corrected chi connectivity index (χ2v) is 15.7. The first-order chi connectivity index (χ1) is 27.5. The molecule has 0 spiro atoms. The molecular weight excluding hydrogens is 687 g/mol. The quantitative estimate of drug-likeness (QED) is 0.0431. The van der Waals surface area contributed by atoms with Gasteiger partial charge < -0.3 is 16.0 Å². The van der Waals surface area contributed by atoms with E-state index in [1.165, 1.54) is 180 Å². The van der Waals surface area contributed by atoms with Crippen molar-refractivity contribution in [3.05, 3.63) is 24.3 Å². The summed E-state index contributed by atoms with van der Waals surface area (Å²) in [6.07, 6.45) is 50.2. The summed E-state index contributed by atoms with van der Waals surface area (Å²) in [6, 6.07) is -0.220. The predicted molar refractivity (Wildman–Crippen MR) is 255 cm³/mol. The van der Waals surface area contributed by atoms with Crippen LogP contribution in [0.3, 0.4) is 0 Å². The molecule has 2 amide bonds. The van der Waals surface area contributed by atoms with E-state index in [-0.39, 0.29) is 17.9 Å². The monoisotopic (exact) mass is 792 g/mol. The number of allylic oxidation sites excluding steroid dienone is 4. The highest BCUT2D eigenvalue weighted by atomic mass is 16.2. The van der Waals surface area contributed by atoms with Gasteiger partial charge in [0.2, 0.25) is 11.8 Å². The minimum Gasteiger partial charge on any atom is -0.356 e. The zero-order valence-electron chi connectivity index (χ0n) is 40.0. The number of carbonyl (C=O) groups excluding carboxylic acids is 2. The molecule has 1 atom stereocenters. The van der Waals surface area contributed by atoms with Gasteiger partial charge in [-0.1, -0.05) is 208 Å². The van der Waals surface area contributed by atoms with E-state index in [0.29, 0.717) is 12.8 Å². The van der Waals surface area contributed by atoms with Gasteiger partial charge in [-0.2, -0.15) is 0 Å². The number of likely N-dealkylation sites (N-methyl/N-ethyl adjacent to an activating group) is 1. The predicted octanol–water partition coefficient (Wildman–Crippen LogP) is 15.9. The van der Waals surface area contributed by atoms with Gasteiger partial charge in [-0.25, -0.2) is 0 Å². The third-order valence-electron chi connectivity index (χ3n) is 9.56. The molecule has 336 valence electrons. The summed E-state index contributed by atoms with van der Waals surface area (Å²) in [4.78, 5) is 24.8. The number of unbranched alkanes of at least 4 members (excludes halogenated alkanes) is 24. The van der Waals surface area contributed by atoms with E-state index in [1.54, 1.807) is 0 Å². The van der Waals surface area contributed by atoms with Crippen molar-refractivity contribution in [1.29, 1.82) is 0 Å². The van der Waals surface area contributed by atoms with Gasteiger partial charge in [0.25, 0.3) is 0 Å². The number of carbonyl (C=O) groups is 2. The number of amides is 2. The number of hydrogen-bond acceptors (Lipinski definition) is 3. The zero-order valence-corrected chi connectivity index (χ0v) is 40.0. The lowest BCUT2D eigenvalue weighted by Crippen LogP contribution is -2.43. The van der Waals surface area contributed by atoms with Crippen molar-refractivity contribution in [2.45, 2.75) is 273 Å². The van der Waals surface area contributed by atoms with Crippen molar-refractivity contribution >= 4 is 11.8 Å². The molecule has 56 heavy (non-hydrogen) atoms. The average Bonchev–Trinajstić information content (AvgIpc) is 3.20. The Labute approximate surface area is 354 Å². The third kappa shape index (κ3) is 59.1. The number of rotatable bonds is 38. The molecule has 5 heteroatoms. The fraction of sp³-hybridized carbons (Fsp3) is 0.882. The summed E-state index contributed by atoms with van der Waals surface area (Å²) in [5.41, 5.74) is 0. The van der Waals surface area contributed by atoms with Gasteiger partial charge in [0, 0.05) is 19.5 Å². The lowest BCUT2D eigenvalue weighted by Gasteiger charge is -2.16. The molecule has 0 saturated heterocycles. The van der Waals surface area contributed by atoms with E-state index >= 15 is 0 Å². The lowest BCUT2D eigenvalue weighted by atomic mass is 10.1. The molecule has 0 aliphatic heterocycles. The SMILES string of the molecule is CC.CCC.CCC.CCCCCCCC/C=C\CCCCCCCCNC(=O)CCCC(NC)C(=O)NCCCCCCCC/C=C\CCCCCCCC. The van der Waals surface area contributed by atoms with Gasteiger partial charge in [0.1, 0.15) is 0 Å². The topological polar surface area (TPSA) is 70.2 Å². The molecule has 0 aromatic rings. The smallest absolute Gasteiger partial charge is 0.237 e. The van der Waals surface area contributed by atoms with Crippen LogP contribution in [-0.2, 0) is 9.59 Å². The second-order valence-electron chi connectivity index (χ2n) is 15.7. The molecule has 0 aliphatic carbocycles. The van der Waals surface area contributed by atoms with Crippen LogP contribution < -0.4 is 16.0 Å². The fourth-order valence-corrected chi connectivity index (χ4v) is 6.27. The molecule has 0 saturated carbocycles. The van der Waals surface area contributed by atoms with Crippen LogP contribution in [0.25, 0.3) is 0 Å². The van der Waals surface area contributed by atoms with Crippen LogP contribution in [-0.4, -0.2) is 38.0 Å². The van der Waals surface area contributed by atoms with Crippen molar-refractivity contribution in [3.8, 4) is 0 Å². The van der Waals surface area contributed by atoms with Gasteiger partial charge in [-0.05, 0) is 84.1 Å². The molecule has 3 N–H and O–H groups in total. The maximum atomic E-state index is 12.6. The highest BCUT2D eigenvalue weighted by Crippen LogP contribution is 2.12. The van der Waals surface area contributed by atoms with E-state index in [1.807, 2.05) is 20.9 Å². The van der Waals surface area contributed by atoms with Crippen molar-refractivity contribution in [1.82, 2.24) is 16.0 Å². The molecule has 0 fully saturated rings. The molecule has 0 aliphatic rings. The summed E-state index contributed by atoms with van der Waals surface area (Å²) < 4.78 is 0. The van der Waals surface area contributed by atoms with E-state index in [2.05, 4.69) is 81.8 Å². The first kappa shape index (κ1) is 61.0. The summed E-state index contributed by atoms with van der Waals surface area (Å²) in [5, 5.41) is 9.29. The minimum absolute atomic E-state index is 0.0647. The molecule has 0 rings (SSSR count). The van der Waals surface area contributed by atoms with Crippen LogP contribution in [0.5, 0.6) is 0 Å². The molecule has 0 aromatic carbocycles. The maximum Gasteiger partial charge on any atom is 0.237 e. The van der Waals surface area contributed by atoms with Gasteiger partial charge in [-0.15, -0.1) is 0 Å². The first-order valence-electron chi connectivity index (χ1n) is 25.0. The van der Waals surface area contributed by atoms with E-state index in [4.69, 9.17) is 0 Å². The van der Waals surface area contributed by atoms with Crippen LogP contribution in [0.15, 0.2) is 24.3 Å². The average molecular weight is 792 g/mol. The summed E-state index contributed by atoms with van der Waals surface area (Å²) in [5.74, 6) is 0.178. The molecule has 0 heterocycles. The van der Waals surface area contributed by atoms with Crippen LogP contribution in [0.1, 0.15) is 267 Å². The Hall–Kier alpha value is -1.62. The largest absolute Gasteiger partial charge is 0.356 e. The van der Waals surface area contributed by atoms with Gasteiger partial charge in [-0.3, -0.25) is 9.59 Å². The Morgan fingerprint density at radius 3 is 1.07 bits per heavy atom. The van der Waals surface area contributed by atoms with E-state index in [0.717, 1.165) is 32.4 Å². The Morgan fingerprint density at radius 2 is 0.732 bits per heavy atom. The summed E-state index contributed by atoms with van der Waals surface area (Å²) in [6.45, 7) is 18.6. The molecule has 0 radical (unpaired) electrons. The van der Waals surface area contributed by atoms with Crippen molar-refractivity contribution in [3.63, 3.8) is 0 Å². The van der Waals surface area contributed by atoms with Gasteiger partial charge in [0.15, 0.2) is 0 Å². The Kier molecular flexibility index (Phi) is 65.5. The third-order valence-corrected chi connectivity index (χ3v) is 9.56. The standard InChI is InChI=1S/C43H83N3O2.2C3H8.C2H6/c1-4-6-8-10-12-14-16-18-20-22-24-26-28-30-32-34-39-45-42(47)38-36-37-41(44-3)43(48)46-40-35-33-31-29-27-25-23-21-19-17-15-13-11-9-7-5-2;2*1-3-2;1-2/h18-21,41,44H,4-17,22-40H2,1-3H3,(H,45,47)(H,46,48);2*3H2,1-2H3;1-2H3/b20-18-,21-19-;;;. The lowest BCUT2D eigenvalue weighted by molar-refractivity contribution is -0.124. The van der Waals surface area contributed by atoms with Crippen molar-refractivity contribution in [2.24, 2.45) is 0 Å². The van der Waals surface area contributed by atoms with E-state index in [9.17, 15) is 9.59 Å². The first-order valence-corrected chi connectivity index (χ1v) is 25.0. The van der Waals surface area contributed by atoms with E-state index < -0.39 is 0 Å². The maximum absolute atomic E-state index is 12.6. The highest BCUT2D eigenvalue weighted by molar-refractivity contribution is 5.81. The molecule has 0 bridgehead atoms. The fourth-order valence-electron chi connectivity index (χ4n) is 6.27. The summed E-state index contributed by atoms with van der Waals surface area (Å²) >= 11 is 0. The van der Waals surface area contributed by atoms with Crippen LogP contribution in [0, 0.1) is 0 Å². The van der Waals surface area contributed by atoms with Crippen molar-refractivity contribution in [2.75, 3.05) is 20.1 Å². The second kappa shape index (κ2) is 60.1. The normalized spacial score (nSPS) is 11.3. The van der Waals surface area contributed by atoms with Gasteiger partial charge in [0.05, 0.1) is 6.04 Å². The zero-order chi connectivity index (χ0) is 42.4. The van der Waals surface area contributed by atoms with Gasteiger partial charge >= 0.3 is 0 Å². The Morgan fingerprint density at radius 1 is 0.429 bits per heavy atom. The molecule has 1 unspecified atom stereocenters. The van der Waals surface area contributed by atoms with Crippen LogP contribution in [0.4, 0.5) is 0 Å². The van der Waals surface area contributed by atoms with Crippen LogP contribution >= 0.6 is 0 Å². The minimum atomic E-state index is -0.220. The highest BCUT2D eigenvalue weighted by Gasteiger charge is 2.16. The summed E-state index contributed by atoms with van der Waals surface area (Å²) in [7, 11) is 1.84. The Balaban J connectivity index is -0.00000155. The van der Waals surface area contributed by atoms with Crippen molar-refractivity contribution < 1.29 is 9.59 Å². The molecule has 0 aromatic heterocycles. The number of hydrogen-bond donors (Lipinski definition) is 3. The Bertz CT molecular complexity index is 764. The molecular formula is C51H105N3O2.